The molecule has 0 spiro atoms. The third-order valence-corrected chi connectivity index (χ3v) is 7.67. The lowest BCUT2D eigenvalue weighted by Gasteiger charge is -2.17. The van der Waals surface area contributed by atoms with E-state index in [0.717, 1.165) is 39.0 Å². The normalized spacial score (nSPS) is 11.5. The first kappa shape index (κ1) is 30.8. The van der Waals surface area contributed by atoms with Gasteiger partial charge < -0.3 is 30.2 Å². The number of furan rings is 1. The largest absolute Gasteiger partial charge is 0.508 e. The molecule has 4 N–H and O–H groups in total. The summed E-state index contributed by atoms with van der Waals surface area (Å²) in [4.78, 5) is 34.1. The number of methoxy groups -OCH3 is 1. The molecule has 47 heavy (non-hydrogen) atoms. The number of ether oxygens (including phenoxy) is 1. The van der Waals surface area contributed by atoms with Crippen molar-refractivity contribution in [2.45, 2.75) is 18.9 Å². The highest BCUT2D eigenvalue weighted by Gasteiger charge is 2.23. The number of carbonyl (C=O) groups excluding carboxylic acids is 2. The summed E-state index contributed by atoms with van der Waals surface area (Å²) in [5.41, 5.74) is 5.79. The van der Waals surface area contributed by atoms with Crippen LogP contribution in [0.25, 0.3) is 33.6 Å². The van der Waals surface area contributed by atoms with Crippen molar-refractivity contribution < 1.29 is 23.8 Å². The smallest absolute Gasteiger partial charge is 0.328 e. The molecule has 1 atom stereocenters. The van der Waals surface area contributed by atoms with Gasteiger partial charge in [0.2, 0.25) is 5.71 Å². The standard InChI is InChI=1S/C37H33N5O5/c1-46-36(44)30(22-25-14-18-29(43)19-15-25)42-37(45)41-28-16-12-24(13-17-28)20-21-38-34-32-31(26-8-4-2-5-9-26)33(27-10-6-3-7-11-27)47-35(32)40-23-39-34/h2-19,23,30,43H,20-22H2,1H3,(H,38,39,40)(H2,41,42,45)/t30-/m0/s1. The zero-order chi connectivity index (χ0) is 32.6. The SMILES string of the molecule is COC(=O)[C@H](Cc1ccc(O)cc1)NC(=O)Nc1ccc(CCNc2ncnc3oc(-c4ccccc4)c(-c4ccccc4)c23)cc1. The van der Waals surface area contributed by atoms with E-state index >= 15 is 0 Å². The topological polar surface area (TPSA) is 139 Å². The van der Waals surface area contributed by atoms with Crippen molar-refractivity contribution in [3.63, 3.8) is 0 Å². The van der Waals surface area contributed by atoms with E-state index in [4.69, 9.17) is 9.15 Å². The Hall–Kier alpha value is -6.16. The monoisotopic (exact) mass is 627 g/mol. The van der Waals surface area contributed by atoms with E-state index < -0.39 is 18.0 Å². The maximum Gasteiger partial charge on any atom is 0.328 e. The van der Waals surface area contributed by atoms with Crippen LogP contribution in [0, 0.1) is 0 Å². The van der Waals surface area contributed by atoms with Crippen LogP contribution in [-0.2, 0) is 22.4 Å². The summed E-state index contributed by atoms with van der Waals surface area (Å²) in [6, 6.07) is 32.5. The van der Waals surface area contributed by atoms with Crippen molar-refractivity contribution >= 4 is 34.6 Å². The van der Waals surface area contributed by atoms with Crippen molar-refractivity contribution in [2.24, 2.45) is 0 Å². The van der Waals surface area contributed by atoms with Crippen molar-refractivity contribution in [1.82, 2.24) is 15.3 Å². The van der Waals surface area contributed by atoms with Crippen LogP contribution in [0.3, 0.4) is 0 Å². The molecule has 0 aliphatic rings. The molecule has 0 saturated carbocycles. The molecular formula is C37H33N5O5. The summed E-state index contributed by atoms with van der Waals surface area (Å²) >= 11 is 0. The van der Waals surface area contributed by atoms with E-state index in [1.54, 1.807) is 24.3 Å². The van der Waals surface area contributed by atoms with Crippen LogP contribution in [0.2, 0.25) is 0 Å². The fraction of sp³-hybridized carbons (Fsp3) is 0.135. The third kappa shape index (κ3) is 7.39. The number of nitrogens with one attached hydrogen (secondary N) is 3. The zero-order valence-electron chi connectivity index (χ0n) is 25.6. The van der Waals surface area contributed by atoms with Gasteiger partial charge in [0, 0.05) is 29.8 Å². The minimum absolute atomic E-state index is 0.118. The molecule has 2 aromatic heterocycles. The van der Waals surface area contributed by atoms with E-state index in [1.165, 1.54) is 25.6 Å². The quantitative estimate of drug-likeness (QED) is 0.115. The number of nitrogens with zero attached hydrogens (tertiary/aromatic N) is 2. The first-order valence-corrected chi connectivity index (χ1v) is 15.1. The molecule has 0 aliphatic carbocycles. The number of aromatic hydroxyl groups is 1. The van der Waals surface area contributed by atoms with E-state index in [2.05, 4.69) is 38.1 Å². The van der Waals surface area contributed by atoms with Gasteiger partial charge in [0.15, 0.2) is 0 Å². The van der Waals surface area contributed by atoms with Gasteiger partial charge in [-0.3, -0.25) is 0 Å². The molecule has 0 bridgehead atoms. The number of hydrogen-bond acceptors (Lipinski definition) is 8. The number of phenols is 1. The van der Waals surface area contributed by atoms with E-state index in [-0.39, 0.29) is 12.2 Å². The van der Waals surface area contributed by atoms with Gasteiger partial charge >= 0.3 is 12.0 Å². The number of hydrogen-bond donors (Lipinski definition) is 4. The summed E-state index contributed by atoms with van der Waals surface area (Å²) in [7, 11) is 1.27. The number of phenolic OH excluding ortho intramolecular Hbond substituents is 1. The molecule has 10 nitrogen and oxygen atoms in total. The number of rotatable bonds is 11. The molecule has 6 aromatic rings. The first-order chi connectivity index (χ1) is 23.0. The summed E-state index contributed by atoms with van der Waals surface area (Å²) in [6.45, 7) is 0.595. The molecule has 0 fully saturated rings. The Morgan fingerprint density at radius 1 is 0.830 bits per heavy atom. The summed E-state index contributed by atoms with van der Waals surface area (Å²) in [5, 5.41) is 19.2. The van der Waals surface area contributed by atoms with E-state index in [9.17, 15) is 14.7 Å². The third-order valence-electron chi connectivity index (χ3n) is 7.67. The Morgan fingerprint density at radius 2 is 1.49 bits per heavy atom. The van der Waals surface area contributed by atoms with Gasteiger partial charge in [0.1, 0.15) is 29.7 Å². The summed E-state index contributed by atoms with van der Waals surface area (Å²) < 4.78 is 11.2. The molecule has 0 saturated heterocycles. The van der Waals surface area contributed by atoms with Gasteiger partial charge in [-0.2, -0.15) is 0 Å². The van der Waals surface area contributed by atoms with Crippen molar-refractivity contribution in [3.05, 3.63) is 127 Å². The van der Waals surface area contributed by atoms with Crippen LogP contribution >= 0.6 is 0 Å². The zero-order valence-corrected chi connectivity index (χ0v) is 25.6. The second-order valence-electron chi connectivity index (χ2n) is 10.9. The van der Waals surface area contributed by atoms with Crippen molar-refractivity contribution in [3.8, 4) is 28.2 Å². The van der Waals surface area contributed by atoms with Gasteiger partial charge in [0.05, 0.1) is 12.5 Å². The maximum absolute atomic E-state index is 12.7. The molecule has 4 aromatic carbocycles. The molecule has 0 unspecified atom stereocenters. The number of amides is 2. The van der Waals surface area contributed by atoms with Gasteiger partial charge in [-0.25, -0.2) is 19.6 Å². The van der Waals surface area contributed by atoms with Crippen LogP contribution in [-0.4, -0.2) is 46.8 Å². The number of esters is 1. The number of carbonyl (C=O) groups is 2. The van der Waals surface area contributed by atoms with Gasteiger partial charge in [-0.1, -0.05) is 84.9 Å². The number of fused-ring (bicyclic) bond motifs is 1. The highest BCUT2D eigenvalue weighted by molar-refractivity contribution is 6.05. The molecule has 236 valence electrons. The molecule has 2 heterocycles. The van der Waals surface area contributed by atoms with Gasteiger partial charge in [-0.15, -0.1) is 0 Å². The van der Waals surface area contributed by atoms with Crippen molar-refractivity contribution in [1.29, 1.82) is 0 Å². The number of anilines is 2. The lowest BCUT2D eigenvalue weighted by Crippen LogP contribution is -2.45. The minimum Gasteiger partial charge on any atom is -0.508 e. The molecule has 0 aliphatic heterocycles. The number of urea groups is 1. The van der Waals surface area contributed by atoms with Crippen LogP contribution in [0.4, 0.5) is 16.3 Å². The highest BCUT2D eigenvalue weighted by atomic mass is 16.5. The van der Waals surface area contributed by atoms with Crippen LogP contribution in [0.1, 0.15) is 11.1 Å². The van der Waals surface area contributed by atoms with Crippen LogP contribution in [0.5, 0.6) is 5.75 Å². The summed E-state index contributed by atoms with van der Waals surface area (Å²) in [6.07, 6.45) is 2.40. The fourth-order valence-electron chi connectivity index (χ4n) is 5.35. The fourth-order valence-corrected chi connectivity index (χ4v) is 5.35. The first-order valence-electron chi connectivity index (χ1n) is 15.1. The molecule has 2 amide bonds. The predicted molar refractivity (Wildman–Crippen MR) is 181 cm³/mol. The second-order valence-corrected chi connectivity index (χ2v) is 10.9. The lowest BCUT2D eigenvalue weighted by atomic mass is 9.99. The van der Waals surface area contributed by atoms with Crippen molar-refractivity contribution in [2.75, 3.05) is 24.3 Å². The Labute approximate surface area is 271 Å². The van der Waals surface area contributed by atoms with Crippen LogP contribution in [0.15, 0.2) is 120 Å². The number of benzene rings is 4. The average Bonchev–Trinajstić information content (AvgIpc) is 3.51. The Bertz CT molecular complexity index is 1960. The molecule has 10 heteroatoms. The minimum atomic E-state index is -0.899. The molecular weight excluding hydrogens is 594 g/mol. The molecule has 6 rings (SSSR count). The Kier molecular flexibility index (Phi) is 9.38. The Balaban J connectivity index is 1.11. The molecule has 0 radical (unpaired) electrons. The lowest BCUT2D eigenvalue weighted by molar-refractivity contribution is -0.142. The van der Waals surface area contributed by atoms with E-state index in [1.807, 2.05) is 60.7 Å². The van der Waals surface area contributed by atoms with E-state index in [0.29, 0.717) is 30.2 Å². The predicted octanol–water partition coefficient (Wildman–Crippen LogP) is 6.82. The number of aromatic nitrogens is 2. The highest BCUT2D eigenvalue weighted by Crippen LogP contribution is 2.42. The van der Waals surface area contributed by atoms with Gasteiger partial charge in [0.25, 0.3) is 0 Å². The summed E-state index contributed by atoms with van der Waals surface area (Å²) in [5.74, 6) is 0.967. The van der Waals surface area contributed by atoms with Gasteiger partial charge in [-0.05, 0) is 47.4 Å². The second kappa shape index (κ2) is 14.3. The maximum atomic E-state index is 12.7. The van der Waals surface area contributed by atoms with Crippen LogP contribution < -0.4 is 16.0 Å². The Morgan fingerprint density at radius 3 is 2.17 bits per heavy atom. The average molecular weight is 628 g/mol.